The Labute approximate surface area is 81.7 Å². The van der Waals surface area contributed by atoms with Gasteiger partial charge < -0.3 is 10.2 Å². The van der Waals surface area contributed by atoms with Crippen molar-refractivity contribution in [1.82, 2.24) is 10.2 Å². The molecular weight excluding hydrogens is 160 g/mol. The second kappa shape index (κ2) is 4.43. The van der Waals surface area contributed by atoms with Crippen LogP contribution < -0.4 is 5.32 Å². The fourth-order valence-electron chi connectivity index (χ4n) is 2.87. The number of piperazine rings is 1. The highest BCUT2D eigenvalue weighted by Gasteiger charge is 2.28. The van der Waals surface area contributed by atoms with Crippen LogP contribution in [0.15, 0.2) is 0 Å². The molecule has 76 valence electrons. The molecule has 1 heterocycles. The van der Waals surface area contributed by atoms with Crippen molar-refractivity contribution in [3.05, 3.63) is 0 Å². The number of rotatable bonds is 1. The van der Waals surface area contributed by atoms with Crippen LogP contribution in [-0.2, 0) is 0 Å². The first kappa shape index (κ1) is 9.47. The topological polar surface area (TPSA) is 15.3 Å². The maximum atomic E-state index is 3.52. The summed E-state index contributed by atoms with van der Waals surface area (Å²) in [7, 11) is 2.29. The number of nitrogens with zero attached hydrogens (tertiary/aromatic N) is 1. The number of hydrogen-bond donors (Lipinski definition) is 1. The minimum absolute atomic E-state index is 0.828. The number of likely N-dealkylation sites (N-methyl/N-ethyl adjacent to an activating group) is 1. The molecule has 1 N–H and O–H groups in total. The predicted octanol–water partition coefficient (Wildman–Crippen LogP) is 1.47. The Balaban J connectivity index is 1.88. The fraction of sp³-hybridized carbons (Fsp3) is 1.00. The van der Waals surface area contributed by atoms with E-state index in [2.05, 4.69) is 17.3 Å². The molecule has 1 aliphatic heterocycles. The highest BCUT2D eigenvalue weighted by Crippen LogP contribution is 2.28. The molecule has 1 atom stereocenters. The van der Waals surface area contributed by atoms with Crippen molar-refractivity contribution in [3.8, 4) is 0 Å². The lowest BCUT2D eigenvalue weighted by Gasteiger charge is -2.40. The molecule has 1 aliphatic carbocycles. The molecule has 2 rings (SSSR count). The molecule has 1 saturated heterocycles. The van der Waals surface area contributed by atoms with Gasteiger partial charge in [-0.15, -0.1) is 0 Å². The van der Waals surface area contributed by atoms with E-state index < -0.39 is 0 Å². The van der Waals surface area contributed by atoms with Crippen molar-refractivity contribution in [3.63, 3.8) is 0 Å². The molecule has 0 amide bonds. The van der Waals surface area contributed by atoms with Gasteiger partial charge in [0.05, 0.1) is 0 Å². The molecule has 1 saturated carbocycles. The van der Waals surface area contributed by atoms with E-state index in [-0.39, 0.29) is 0 Å². The van der Waals surface area contributed by atoms with Crippen LogP contribution >= 0.6 is 0 Å². The summed E-state index contributed by atoms with van der Waals surface area (Å²) in [4.78, 5) is 2.56. The van der Waals surface area contributed by atoms with E-state index in [0.717, 1.165) is 12.0 Å². The van der Waals surface area contributed by atoms with Gasteiger partial charge in [-0.25, -0.2) is 0 Å². The molecule has 13 heavy (non-hydrogen) atoms. The van der Waals surface area contributed by atoms with E-state index in [9.17, 15) is 0 Å². The molecule has 0 spiro atoms. The lowest BCUT2D eigenvalue weighted by molar-refractivity contribution is 0.118. The minimum atomic E-state index is 0.828. The number of hydrogen-bond acceptors (Lipinski definition) is 2. The minimum Gasteiger partial charge on any atom is -0.314 e. The van der Waals surface area contributed by atoms with Crippen LogP contribution in [0, 0.1) is 5.92 Å². The maximum Gasteiger partial charge on any atom is 0.0246 e. The molecule has 0 aromatic heterocycles. The van der Waals surface area contributed by atoms with E-state index in [4.69, 9.17) is 0 Å². The van der Waals surface area contributed by atoms with Crippen LogP contribution in [0.25, 0.3) is 0 Å². The Morgan fingerprint density at radius 1 is 1.15 bits per heavy atom. The van der Waals surface area contributed by atoms with Gasteiger partial charge in [0.25, 0.3) is 0 Å². The summed E-state index contributed by atoms with van der Waals surface area (Å²) >= 11 is 0. The SMILES string of the molecule is CN1CCNCC1C1CCCCC1. The molecule has 1 unspecified atom stereocenters. The first-order valence-electron chi connectivity index (χ1n) is 5.79. The second-order valence-corrected chi connectivity index (χ2v) is 4.65. The third-order valence-electron chi connectivity index (χ3n) is 3.75. The zero-order valence-corrected chi connectivity index (χ0v) is 8.76. The van der Waals surface area contributed by atoms with Crippen LogP contribution in [0.2, 0.25) is 0 Å². The van der Waals surface area contributed by atoms with Gasteiger partial charge in [0.15, 0.2) is 0 Å². The van der Waals surface area contributed by atoms with Gasteiger partial charge in [-0.3, -0.25) is 0 Å². The Kier molecular flexibility index (Phi) is 3.23. The van der Waals surface area contributed by atoms with E-state index in [1.165, 1.54) is 51.7 Å². The first-order valence-corrected chi connectivity index (χ1v) is 5.79. The summed E-state index contributed by atoms with van der Waals surface area (Å²) in [5.41, 5.74) is 0. The summed E-state index contributed by atoms with van der Waals surface area (Å²) in [5, 5.41) is 3.52. The first-order chi connectivity index (χ1) is 6.38. The van der Waals surface area contributed by atoms with Gasteiger partial charge in [0.2, 0.25) is 0 Å². The van der Waals surface area contributed by atoms with Gasteiger partial charge in [-0.2, -0.15) is 0 Å². The molecule has 0 bridgehead atoms. The summed E-state index contributed by atoms with van der Waals surface area (Å²) in [6.07, 6.45) is 7.34. The molecule has 2 nitrogen and oxygen atoms in total. The largest absolute Gasteiger partial charge is 0.314 e. The highest BCUT2D eigenvalue weighted by atomic mass is 15.2. The van der Waals surface area contributed by atoms with Gasteiger partial charge in [0.1, 0.15) is 0 Å². The zero-order valence-electron chi connectivity index (χ0n) is 8.76. The Hall–Kier alpha value is -0.0800. The monoisotopic (exact) mass is 182 g/mol. The molecule has 0 aromatic rings. The van der Waals surface area contributed by atoms with Crippen LogP contribution in [0.3, 0.4) is 0 Å². The summed E-state index contributed by atoms with van der Waals surface area (Å²) in [6, 6.07) is 0.828. The summed E-state index contributed by atoms with van der Waals surface area (Å²) in [5.74, 6) is 0.978. The van der Waals surface area contributed by atoms with Crippen LogP contribution in [0.1, 0.15) is 32.1 Å². The van der Waals surface area contributed by atoms with Crippen LogP contribution in [0.5, 0.6) is 0 Å². The molecule has 0 aromatic carbocycles. The molecule has 2 heteroatoms. The smallest absolute Gasteiger partial charge is 0.0246 e. The van der Waals surface area contributed by atoms with Gasteiger partial charge in [-0.05, 0) is 25.8 Å². The quantitative estimate of drug-likeness (QED) is 0.660. The van der Waals surface area contributed by atoms with E-state index in [1.54, 1.807) is 0 Å². The molecule has 2 aliphatic rings. The van der Waals surface area contributed by atoms with Crippen molar-refractivity contribution < 1.29 is 0 Å². The lowest BCUT2D eigenvalue weighted by Crippen LogP contribution is -2.52. The van der Waals surface area contributed by atoms with Crippen molar-refractivity contribution in [1.29, 1.82) is 0 Å². The average molecular weight is 182 g/mol. The van der Waals surface area contributed by atoms with E-state index >= 15 is 0 Å². The Bertz CT molecular complexity index is 152. The third-order valence-corrected chi connectivity index (χ3v) is 3.75. The lowest BCUT2D eigenvalue weighted by atomic mass is 9.83. The normalized spacial score (nSPS) is 33.5. The van der Waals surface area contributed by atoms with Crippen molar-refractivity contribution in [2.75, 3.05) is 26.7 Å². The van der Waals surface area contributed by atoms with Crippen molar-refractivity contribution in [2.45, 2.75) is 38.1 Å². The Morgan fingerprint density at radius 2 is 1.92 bits per heavy atom. The molecule has 0 radical (unpaired) electrons. The van der Waals surface area contributed by atoms with Crippen molar-refractivity contribution in [2.24, 2.45) is 5.92 Å². The van der Waals surface area contributed by atoms with Gasteiger partial charge >= 0.3 is 0 Å². The van der Waals surface area contributed by atoms with E-state index in [1.807, 2.05) is 0 Å². The Morgan fingerprint density at radius 3 is 2.62 bits per heavy atom. The third kappa shape index (κ3) is 2.23. The number of nitrogens with one attached hydrogen (secondary N) is 1. The van der Waals surface area contributed by atoms with Crippen LogP contribution in [-0.4, -0.2) is 37.6 Å². The summed E-state index contributed by atoms with van der Waals surface area (Å²) < 4.78 is 0. The standard InChI is InChI=1S/C11H22N2/c1-13-8-7-12-9-11(13)10-5-3-2-4-6-10/h10-12H,2-9H2,1H3. The highest BCUT2D eigenvalue weighted by molar-refractivity contribution is 4.85. The van der Waals surface area contributed by atoms with Crippen molar-refractivity contribution >= 4 is 0 Å². The van der Waals surface area contributed by atoms with Gasteiger partial charge in [0, 0.05) is 25.7 Å². The summed E-state index contributed by atoms with van der Waals surface area (Å²) in [6.45, 7) is 3.64. The average Bonchev–Trinajstić information content (AvgIpc) is 2.20. The maximum absolute atomic E-state index is 3.52. The predicted molar refractivity (Wildman–Crippen MR) is 55.9 cm³/mol. The van der Waals surface area contributed by atoms with Gasteiger partial charge in [-0.1, -0.05) is 19.3 Å². The van der Waals surface area contributed by atoms with E-state index in [0.29, 0.717) is 0 Å². The second-order valence-electron chi connectivity index (χ2n) is 4.65. The fourth-order valence-corrected chi connectivity index (χ4v) is 2.87. The van der Waals surface area contributed by atoms with Crippen LogP contribution in [0.4, 0.5) is 0 Å². The zero-order chi connectivity index (χ0) is 9.10. The molecule has 2 fully saturated rings. The molecular formula is C11H22N2.